The Labute approximate surface area is 220 Å². The molecule has 0 aliphatic rings. The van der Waals surface area contributed by atoms with Crippen molar-refractivity contribution in [3.63, 3.8) is 0 Å². The first-order valence-electron chi connectivity index (χ1n) is 11.1. The fourth-order valence-corrected chi connectivity index (χ4v) is 6.66. The molecule has 1 heterocycles. The molecule has 38 heavy (non-hydrogen) atoms. The predicted octanol–water partition coefficient (Wildman–Crippen LogP) is 3.25. The summed E-state index contributed by atoms with van der Waals surface area (Å²) in [5.41, 5.74) is 2.33. The molecule has 0 saturated heterocycles. The molecule has 1 aromatic heterocycles. The zero-order valence-corrected chi connectivity index (χ0v) is 22.0. The van der Waals surface area contributed by atoms with Gasteiger partial charge in [-0.25, -0.2) is 21.6 Å². The fourth-order valence-electron chi connectivity index (χ4n) is 4.07. The molecule has 4 rings (SSSR count). The number of nitrogens with zero attached hydrogens (tertiary/aromatic N) is 3. The molecule has 1 N–H and O–H groups in total. The van der Waals surface area contributed by atoms with Crippen molar-refractivity contribution in [1.29, 1.82) is 5.26 Å². The minimum Gasteiger partial charge on any atom is -0.479 e. The Balaban J connectivity index is 1.80. The summed E-state index contributed by atoms with van der Waals surface area (Å²) < 4.78 is 59.1. The van der Waals surface area contributed by atoms with Crippen molar-refractivity contribution >= 4 is 26.1 Å². The maximum absolute atomic E-state index is 12.8. The van der Waals surface area contributed by atoms with Crippen molar-refractivity contribution in [3.05, 3.63) is 84.1 Å². The number of carbonyl (C=O) groups excluding carboxylic acids is 1. The van der Waals surface area contributed by atoms with E-state index in [1.165, 1.54) is 31.5 Å². The molecule has 194 valence electrons. The summed E-state index contributed by atoms with van der Waals surface area (Å²) in [6.45, 7) is 0.249. The van der Waals surface area contributed by atoms with E-state index in [0.29, 0.717) is 17.7 Å². The Morgan fingerprint density at radius 1 is 0.974 bits per heavy atom. The van der Waals surface area contributed by atoms with Crippen molar-refractivity contribution in [2.45, 2.75) is 16.3 Å². The number of hydrogen-bond acceptors (Lipinski definition) is 8. The first-order chi connectivity index (χ1) is 18.1. The zero-order valence-electron chi connectivity index (χ0n) is 20.3. The van der Waals surface area contributed by atoms with Crippen LogP contribution in [0.4, 0.5) is 0 Å². The van der Waals surface area contributed by atoms with E-state index in [0.717, 1.165) is 17.4 Å². The van der Waals surface area contributed by atoms with Crippen LogP contribution in [0.15, 0.2) is 82.6 Å². The van der Waals surface area contributed by atoms with Gasteiger partial charge < -0.3 is 9.30 Å². The monoisotopic (exact) mass is 550 g/mol. The molecular formula is C26H22N4O6S2. The van der Waals surface area contributed by atoms with Crippen LogP contribution in [0.5, 0.6) is 5.88 Å². The number of aromatic nitrogens is 2. The van der Waals surface area contributed by atoms with Crippen LogP contribution in [-0.4, -0.2) is 46.0 Å². The molecule has 0 atom stereocenters. The maximum atomic E-state index is 12.8. The van der Waals surface area contributed by atoms with Gasteiger partial charge >= 0.3 is 0 Å². The van der Waals surface area contributed by atoms with Gasteiger partial charge in [0.05, 0.1) is 12.0 Å². The lowest BCUT2D eigenvalue weighted by atomic mass is 10.0. The molecule has 0 aliphatic heterocycles. The van der Waals surface area contributed by atoms with Crippen LogP contribution in [0, 0.1) is 11.5 Å². The Bertz CT molecular complexity index is 1760. The molecule has 4 aromatic rings. The Morgan fingerprint density at radius 3 is 2.24 bits per heavy atom. The minimum absolute atomic E-state index is 0.116. The molecule has 0 radical (unpaired) electrons. The third kappa shape index (κ3) is 5.15. The van der Waals surface area contributed by atoms with Gasteiger partial charge in [-0.05, 0) is 17.2 Å². The first kappa shape index (κ1) is 26.6. The molecule has 12 heteroatoms. The molecular weight excluding hydrogens is 528 g/mol. The molecule has 0 saturated carbocycles. The number of rotatable bonds is 9. The number of benzene rings is 3. The summed E-state index contributed by atoms with van der Waals surface area (Å²) in [6, 6.07) is 20.1. The standard InChI is InChI=1S/C26H22N4O6S2/c1-36-26-22(16-31)30(25(29-26)20-7-4-3-5-8-20)15-18-11-13-19(14-12-18)21-9-6-10-23(37(2,32)33)24(21)38(34,35)28-17-27/h3-14,16,28H,15H2,1-2H3. The number of carbonyl (C=O) groups is 1. The van der Waals surface area contributed by atoms with Crippen LogP contribution in [-0.2, 0) is 26.4 Å². The second kappa shape index (κ2) is 10.5. The number of hydrogen-bond donors (Lipinski definition) is 1. The van der Waals surface area contributed by atoms with Crippen LogP contribution in [0.1, 0.15) is 16.1 Å². The van der Waals surface area contributed by atoms with E-state index in [4.69, 9.17) is 10.00 Å². The topological polar surface area (TPSA) is 148 Å². The molecule has 3 aromatic carbocycles. The lowest BCUT2D eigenvalue weighted by Gasteiger charge is -2.14. The van der Waals surface area contributed by atoms with Gasteiger partial charge in [0.1, 0.15) is 16.4 Å². The summed E-state index contributed by atoms with van der Waals surface area (Å²) >= 11 is 0. The number of aldehydes is 1. The Hall–Kier alpha value is -4.47. The number of ether oxygens (including phenoxy) is 1. The van der Waals surface area contributed by atoms with E-state index in [1.807, 2.05) is 30.3 Å². The number of methoxy groups -OCH3 is 1. The van der Waals surface area contributed by atoms with E-state index in [-0.39, 0.29) is 23.7 Å². The van der Waals surface area contributed by atoms with Crippen molar-refractivity contribution in [3.8, 4) is 34.6 Å². The smallest absolute Gasteiger partial charge is 0.271 e. The van der Waals surface area contributed by atoms with E-state index in [1.54, 1.807) is 33.6 Å². The van der Waals surface area contributed by atoms with Gasteiger partial charge in [-0.1, -0.05) is 66.7 Å². The second-order valence-electron chi connectivity index (χ2n) is 8.22. The third-order valence-corrected chi connectivity index (χ3v) is 8.35. The van der Waals surface area contributed by atoms with E-state index in [9.17, 15) is 21.6 Å². The summed E-state index contributed by atoms with van der Waals surface area (Å²) in [4.78, 5) is 15.4. The number of nitriles is 1. The minimum atomic E-state index is -4.46. The normalized spacial score (nSPS) is 11.5. The first-order valence-corrected chi connectivity index (χ1v) is 14.5. The molecule has 0 spiro atoms. The fraction of sp³-hybridized carbons (Fsp3) is 0.115. The summed E-state index contributed by atoms with van der Waals surface area (Å²) in [5, 5.41) is 8.93. The van der Waals surface area contributed by atoms with E-state index in [2.05, 4.69) is 4.98 Å². The van der Waals surface area contributed by atoms with Crippen LogP contribution in [0.25, 0.3) is 22.5 Å². The highest BCUT2D eigenvalue weighted by molar-refractivity contribution is 7.93. The highest BCUT2D eigenvalue weighted by Crippen LogP contribution is 2.33. The van der Waals surface area contributed by atoms with E-state index >= 15 is 0 Å². The van der Waals surface area contributed by atoms with Crippen molar-refractivity contribution < 1.29 is 26.4 Å². The van der Waals surface area contributed by atoms with Gasteiger partial charge in [0, 0.05) is 23.9 Å². The number of sulfone groups is 1. The van der Waals surface area contributed by atoms with Gasteiger partial charge in [0.15, 0.2) is 22.3 Å². The summed E-state index contributed by atoms with van der Waals surface area (Å²) in [7, 11) is -6.97. The van der Waals surface area contributed by atoms with Crippen molar-refractivity contribution in [1.82, 2.24) is 14.3 Å². The Kier molecular flexibility index (Phi) is 7.34. The van der Waals surface area contributed by atoms with E-state index < -0.39 is 29.7 Å². The molecule has 10 nitrogen and oxygen atoms in total. The Morgan fingerprint density at radius 2 is 1.66 bits per heavy atom. The second-order valence-corrected chi connectivity index (χ2v) is 11.8. The molecule has 0 amide bonds. The van der Waals surface area contributed by atoms with Gasteiger partial charge in [-0.15, -0.1) is 0 Å². The lowest BCUT2D eigenvalue weighted by Crippen LogP contribution is -2.21. The predicted molar refractivity (Wildman–Crippen MR) is 140 cm³/mol. The van der Waals surface area contributed by atoms with Gasteiger partial charge in [-0.3, -0.25) is 4.79 Å². The lowest BCUT2D eigenvalue weighted by molar-refractivity contribution is 0.111. The summed E-state index contributed by atoms with van der Waals surface area (Å²) in [5.74, 6) is 0.721. The number of imidazole rings is 1. The van der Waals surface area contributed by atoms with Gasteiger partial charge in [-0.2, -0.15) is 10.2 Å². The molecule has 0 unspecified atom stereocenters. The number of sulfonamides is 1. The summed E-state index contributed by atoms with van der Waals surface area (Å²) in [6.07, 6.45) is 2.92. The average molecular weight is 551 g/mol. The van der Waals surface area contributed by atoms with Crippen LogP contribution >= 0.6 is 0 Å². The maximum Gasteiger partial charge on any atom is 0.271 e. The van der Waals surface area contributed by atoms with Crippen LogP contribution < -0.4 is 9.46 Å². The SMILES string of the molecule is COc1nc(-c2ccccc2)n(Cc2ccc(-c3cccc(S(C)(=O)=O)c3S(=O)(=O)NC#N)cc2)c1C=O. The highest BCUT2D eigenvalue weighted by Gasteiger charge is 2.28. The zero-order chi connectivity index (χ0) is 27.5. The average Bonchev–Trinajstić information content (AvgIpc) is 3.26. The van der Waals surface area contributed by atoms with Crippen LogP contribution in [0.3, 0.4) is 0 Å². The van der Waals surface area contributed by atoms with Crippen molar-refractivity contribution in [2.75, 3.05) is 13.4 Å². The molecule has 0 aliphatic carbocycles. The largest absolute Gasteiger partial charge is 0.479 e. The van der Waals surface area contributed by atoms with Crippen LogP contribution in [0.2, 0.25) is 0 Å². The van der Waals surface area contributed by atoms with Crippen molar-refractivity contribution in [2.24, 2.45) is 0 Å². The third-order valence-electron chi connectivity index (χ3n) is 5.74. The van der Waals surface area contributed by atoms with Gasteiger partial charge in [0.25, 0.3) is 10.0 Å². The van der Waals surface area contributed by atoms with Gasteiger partial charge in [0.2, 0.25) is 5.88 Å². The highest BCUT2D eigenvalue weighted by atomic mass is 32.2. The molecule has 0 bridgehead atoms. The number of nitrogens with one attached hydrogen (secondary N) is 1. The quantitative estimate of drug-likeness (QED) is 0.190. The molecule has 0 fully saturated rings.